The molecule has 226 valence electrons. The Labute approximate surface area is 254 Å². The predicted octanol–water partition coefficient (Wildman–Crippen LogP) is 7.00. The average Bonchev–Trinajstić information content (AvgIpc) is 3.37. The Morgan fingerprint density at radius 3 is 2.27 bits per heavy atom. The number of aryl methyl sites for hydroxylation is 1. The maximum Gasteiger partial charge on any atom is 0.416 e. The predicted molar refractivity (Wildman–Crippen MR) is 165 cm³/mol. The Hall–Kier alpha value is -4.79. The SMILES string of the molecule is Cc1ccccc1C(=O)N1CCN(c2ccc3nc(CCOc4ccccc4)n(Cc4ccc(C(F)(F)F)cc4)c3c2)CC1. The molecule has 5 aromatic rings. The summed E-state index contributed by atoms with van der Waals surface area (Å²) in [5, 5.41) is 0. The highest BCUT2D eigenvalue weighted by Crippen LogP contribution is 2.30. The van der Waals surface area contributed by atoms with Gasteiger partial charge in [0.05, 0.1) is 23.2 Å². The number of aromatic nitrogens is 2. The van der Waals surface area contributed by atoms with Gasteiger partial charge in [0.2, 0.25) is 0 Å². The average molecular weight is 599 g/mol. The van der Waals surface area contributed by atoms with Gasteiger partial charge in [0.25, 0.3) is 5.91 Å². The number of carbonyl (C=O) groups is 1. The molecule has 6 nitrogen and oxygen atoms in total. The number of piperazine rings is 1. The van der Waals surface area contributed by atoms with Gasteiger partial charge in [-0.05, 0) is 66.6 Å². The van der Waals surface area contributed by atoms with E-state index >= 15 is 0 Å². The van der Waals surface area contributed by atoms with Crippen LogP contribution in [0.2, 0.25) is 0 Å². The van der Waals surface area contributed by atoms with Crippen LogP contribution in [0.4, 0.5) is 18.9 Å². The van der Waals surface area contributed by atoms with E-state index in [4.69, 9.17) is 9.72 Å². The van der Waals surface area contributed by atoms with Gasteiger partial charge in [-0.2, -0.15) is 13.2 Å². The van der Waals surface area contributed by atoms with Gasteiger partial charge >= 0.3 is 6.18 Å². The molecule has 0 unspecified atom stereocenters. The van der Waals surface area contributed by atoms with E-state index < -0.39 is 11.7 Å². The second-order valence-corrected chi connectivity index (χ2v) is 11.0. The van der Waals surface area contributed by atoms with Gasteiger partial charge < -0.3 is 19.1 Å². The number of para-hydroxylation sites is 1. The number of amides is 1. The number of hydrogen-bond donors (Lipinski definition) is 0. The molecular weight excluding hydrogens is 565 g/mol. The van der Waals surface area contributed by atoms with Crippen molar-refractivity contribution in [1.82, 2.24) is 14.5 Å². The number of hydrogen-bond acceptors (Lipinski definition) is 4. The summed E-state index contributed by atoms with van der Waals surface area (Å²) in [7, 11) is 0. The van der Waals surface area contributed by atoms with Gasteiger partial charge in [0.15, 0.2) is 0 Å². The van der Waals surface area contributed by atoms with Crippen LogP contribution in [0.1, 0.15) is 32.9 Å². The minimum Gasteiger partial charge on any atom is -0.493 e. The summed E-state index contributed by atoms with van der Waals surface area (Å²) in [5.41, 5.74) is 4.50. The van der Waals surface area contributed by atoms with Crippen molar-refractivity contribution in [2.45, 2.75) is 26.1 Å². The van der Waals surface area contributed by atoms with E-state index in [1.54, 1.807) is 0 Å². The van der Waals surface area contributed by atoms with Crippen LogP contribution in [0.15, 0.2) is 97.1 Å². The molecule has 0 N–H and O–H groups in total. The molecule has 1 aliphatic heterocycles. The van der Waals surface area contributed by atoms with Crippen molar-refractivity contribution in [3.8, 4) is 5.75 Å². The Morgan fingerprint density at radius 1 is 0.864 bits per heavy atom. The van der Waals surface area contributed by atoms with Crippen molar-refractivity contribution in [1.29, 1.82) is 0 Å². The monoisotopic (exact) mass is 598 g/mol. The van der Waals surface area contributed by atoms with Crippen molar-refractivity contribution >= 4 is 22.6 Å². The zero-order chi connectivity index (χ0) is 30.7. The molecule has 1 aliphatic rings. The summed E-state index contributed by atoms with van der Waals surface area (Å²) in [4.78, 5) is 22.2. The second-order valence-electron chi connectivity index (χ2n) is 11.0. The smallest absolute Gasteiger partial charge is 0.416 e. The van der Waals surface area contributed by atoms with Crippen LogP contribution < -0.4 is 9.64 Å². The number of carbonyl (C=O) groups excluding carboxylic acids is 1. The summed E-state index contributed by atoms with van der Waals surface area (Å²) in [6.45, 7) is 5.33. The van der Waals surface area contributed by atoms with Crippen molar-refractivity contribution in [2.24, 2.45) is 0 Å². The number of ether oxygens (including phenoxy) is 1. The number of anilines is 1. The molecule has 0 radical (unpaired) electrons. The number of benzene rings is 4. The van der Waals surface area contributed by atoms with Crippen LogP contribution in [-0.4, -0.2) is 53.1 Å². The Morgan fingerprint density at radius 2 is 1.57 bits per heavy atom. The minimum absolute atomic E-state index is 0.0511. The normalized spacial score (nSPS) is 13.8. The van der Waals surface area contributed by atoms with Crippen molar-refractivity contribution < 1.29 is 22.7 Å². The van der Waals surface area contributed by atoms with Crippen molar-refractivity contribution in [2.75, 3.05) is 37.7 Å². The van der Waals surface area contributed by atoms with E-state index in [9.17, 15) is 18.0 Å². The fraction of sp³-hybridized carbons (Fsp3) is 0.257. The molecular formula is C35H33F3N4O2. The number of fused-ring (bicyclic) bond motifs is 1. The fourth-order valence-electron chi connectivity index (χ4n) is 5.63. The third-order valence-electron chi connectivity index (χ3n) is 8.08. The summed E-state index contributed by atoms with van der Waals surface area (Å²) in [5.74, 6) is 1.61. The lowest BCUT2D eigenvalue weighted by molar-refractivity contribution is -0.137. The molecule has 1 saturated heterocycles. The third kappa shape index (κ3) is 6.41. The maximum absolute atomic E-state index is 13.2. The lowest BCUT2D eigenvalue weighted by Gasteiger charge is -2.36. The van der Waals surface area contributed by atoms with Crippen molar-refractivity contribution in [3.05, 3.63) is 125 Å². The molecule has 0 saturated carbocycles. The summed E-state index contributed by atoms with van der Waals surface area (Å²) >= 11 is 0. The van der Waals surface area contributed by atoms with Crippen LogP contribution in [0, 0.1) is 6.92 Å². The zero-order valence-electron chi connectivity index (χ0n) is 24.4. The van der Waals surface area contributed by atoms with Gasteiger partial charge in [-0.25, -0.2) is 4.98 Å². The van der Waals surface area contributed by atoms with Gasteiger partial charge in [-0.3, -0.25) is 4.79 Å². The summed E-state index contributed by atoms with van der Waals surface area (Å²) in [6.07, 6.45) is -3.86. The number of nitrogens with zero attached hydrogens (tertiary/aromatic N) is 4. The highest BCUT2D eigenvalue weighted by Gasteiger charge is 2.30. The van der Waals surface area contributed by atoms with E-state index in [-0.39, 0.29) is 5.91 Å². The molecule has 2 heterocycles. The first kappa shape index (κ1) is 29.3. The standard InChI is InChI=1S/C35H33F3N4O2/c1-25-7-5-6-10-30(25)34(43)41-20-18-40(19-21-41)28-15-16-31-32(23-28)42(24-26-11-13-27(14-12-26)35(36,37)38)33(39-31)17-22-44-29-8-3-2-4-9-29/h2-16,23H,17-22,24H2,1H3. The van der Waals surface area contributed by atoms with E-state index in [0.29, 0.717) is 45.8 Å². The van der Waals surface area contributed by atoms with Crippen LogP contribution in [0.5, 0.6) is 5.75 Å². The third-order valence-corrected chi connectivity index (χ3v) is 8.08. The summed E-state index contributed by atoms with van der Waals surface area (Å²) < 4.78 is 47.6. The van der Waals surface area contributed by atoms with Gasteiger partial charge in [-0.1, -0.05) is 48.5 Å². The van der Waals surface area contributed by atoms with E-state index in [1.807, 2.05) is 78.6 Å². The van der Waals surface area contributed by atoms with E-state index in [0.717, 1.165) is 57.1 Å². The molecule has 1 fully saturated rings. The molecule has 1 aromatic heterocycles. The molecule has 0 bridgehead atoms. The molecule has 9 heteroatoms. The molecule has 0 atom stereocenters. The van der Waals surface area contributed by atoms with Gasteiger partial charge in [0.1, 0.15) is 11.6 Å². The van der Waals surface area contributed by atoms with Gasteiger partial charge in [0, 0.05) is 50.4 Å². The Bertz CT molecular complexity index is 1740. The highest BCUT2D eigenvalue weighted by molar-refractivity contribution is 5.95. The lowest BCUT2D eigenvalue weighted by Crippen LogP contribution is -2.48. The number of alkyl halides is 3. The topological polar surface area (TPSA) is 50.6 Å². The molecule has 1 amide bonds. The quantitative estimate of drug-likeness (QED) is 0.193. The zero-order valence-corrected chi connectivity index (χ0v) is 24.4. The second kappa shape index (κ2) is 12.4. The fourth-order valence-corrected chi connectivity index (χ4v) is 5.63. The largest absolute Gasteiger partial charge is 0.493 e. The van der Waals surface area contributed by atoms with Crippen molar-refractivity contribution in [3.63, 3.8) is 0 Å². The van der Waals surface area contributed by atoms with Crippen LogP contribution >= 0.6 is 0 Å². The minimum atomic E-state index is -4.39. The molecule has 4 aromatic carbocycles. The molecule has 6 rings (SSSR count). The Kier molecular flexibility index (Phi) is 8.28. The summed E-state index contributed by atoms with van der Waals surface area (Å²) in [6, 6.07) is 28.6. The maximum atomic E-state index is 13.2. The first-order chi connectivity index (χ1) is 21.3. The van der Waals surface area contributed by atoms with Gasteiger partial charge in [-0.15, -0.1) is 0 Å². The Balaban J connectivity index is 1.23. The first-order valence-electron chi connectivity index (χ1n) is 14.7. The van der Waals surface area contributed by atoms with E-state index in [1.165, 1.54) is 12.1 Å². The van der Waals surface area contributed by atoms with Crippen LogP contribution in [-0.2, 0) is 19.1 Å². The first-order valence-corrected chi connectivity index (χ1v) is 14.7. The highest BCUT2D eigenvalue weighted by atomic mass is 19.4. The number of imidazole rings is 1. The van der Waals surface area contributed by atoms with E-state index in [2.05, 4.69) is 15.5 Å². The van der Waals surface area contributed by atoms with Crippen LogP contribution in [0.3, 0.4) is 0 Å². The van der Waals surface area contributed by atoms with Crippen LogP contribution in [0.25, 0.3) is 11.0 Å². The number of rotatable bonds is 8. The molecule has 0 aliphatic carbocycles. The number of halogens is 3. The molecule has 44 heavy (non-hydrogen) atoms. The lowest BCUT2D eigenvalue weighted by atomic mass is 10.1. The molecule has 0 spiro atoms.